The van der Waals surface area contributed by atoms with E-state index in [2.05, 4.69) is 34.6 Å². The Hall–Kier alpha value is -1.94. The van der Waals surface area contributed by atoms with E-state index in [9.17, 15) is 43.2 Å². The second-order valence-corrected chi connectivity index (χ2v) is 32.3. The van der Waals surface area contributed by atoms with E-state index in [1.807, 2.05) is 0 Å². The number of esters is 4. The maximum atomic E-state index is 13.1. The number of hydrogen-bond acceptors (Lipinski definition) is 15. The highest BCUT2D eigenvalue weighted by Crippen LogP contribution is 2.45. The summed E-state index contributed by atoms with van der Waals surface area (Å²) in [6, 6.07) is 0. The van der Waals surface area contributed by atoms with Crippen molar-refractivity contribution in [2.45, 2.75) is 451 Å². The lowest BCUT2D eigenvalue weighted by Gasteiger charge is -2.21. The number of ether oxygens (including phenoxy) is 4. The molecule has 0 fully saturated rings. The molecule has 0 rings (SSSR count). The Morgan fingerprint density at radius 1 is 0.280 bits per heavy atom. The highest BCUT2D eigenvalue weighted by atomic mass is 31.2. The van der Waals surface area contributed by atoms with E-state index in [-0.39, 0.29) is 25.7 Å². The smallest absolute Gasteiger partial charge is 0.462 e. The first-order valence-electron chi connectivity index (χ1n) is 42.2. The van der Waals surface area contributed by atoms with Crippen LogP contribution in [-0.4, -0.2) is 96.7 Å². The minimum atomic E-state index is -4.96. The quantitative estimate of drug-likeness (QED) is 0.0222. The van der Waals surface area contributed by atoms with Gasteiger partial charge in [0.15, 0.2) is 12.2 Å². The zero-order valence-corrected chi connectivity index (χ0v) is 67.1. The van der Waals surface area contributed by atoms with Crippen LogP contribution in [0.2, 0.25) is 0 Å². The van der Waals surface area contributed by atoms with Crippen molar-refractivity contribution in [2.75, 3.05) is 39.6 Å². The summed E-state index contributed by atoms with van der Waals surface area (Å²) in [6.45, 7) is 7.32. The van der Waals surface area contributed by atoms with Crippen molar-refractivity contribution in [3.8, 4) is 0 Å². The number of carbonyl (C=O) groups is 4. The lowest BCUT2D eigenvalue weighted by atomic mass is 9.99. The first-order chi connectivity index (χ1) is 48.6. The SMILES string of the molecule is CCCCCCCCCCCCCCCCCCCCCCCCC(=O)O[C@H](COC(=O)CCCCCCCCCCCCCCCCC)COP(=O)(O)OC[C@@H](O)COP(=O)(O)OC[C@@H](COC(=O)CCCCCCCCCCCCC)OC(=O)CCCCCCCCCCC(C)CC. The number of hydrogen-bond donors (Lipinski definition) is 3. The molecule has 0 saturated heterocycles. The summed E-state index contributed by atoms with van der Waals surface area (Å²) in [5.74, 6) is -1.34. The first kappa shape index (κ1) is 98.1. The molecule has 100 heavy (non-hydrogen) atoms. The molecule has 6 atom stereocenters. The molecule has 19 heteroatoms. The van der Waals surface area contributed by atoms with Crippen LogP contribution in [0, 0.1) is 5.92 Å². The number of aliphatic hydroxyl groups excluding tert-OH is 1. The van der Waals surface area contributed by atoms with E-state index in [0.29, 0.717) is 25.7 Å². The number of rotatable bonds is 81. The third-order valence-corrected chi connectivity index (χ3v) is 21.3. The van der Waals surface area contributed by atoms with Crippen molar-refractivity contribution >= 4 is 39.5 Å². The van der Waals surface area contributed by atoms with E-state index in [1.165, 1.54) is 257 Å². The normalized spacial score (nSPS) is 14.1. The monoisotopic (exact) mass is 1470 g/mol. The second kappa shape index (κ2) is 73.9. The van der Waals surface area contributed by atoms with Gasteiger partial charge in [-0.05, 0) is 31.6 Å². The second-order valence-electron chi connectivity index (χ2n) is 29.4. The molecule has 0 aromatic rings. The average molecular weight is 1470 g/mol. The highest BCUT2D eigenvalue weighted by molar-refractivity contribution is 7.47. The molecule has 0 heterocycles. The van der Waals surface area contributed by atoms with Crippen LogP contribution in [0.5, 0.6) is 0 Å². The summed E-state index contributed by atoms with van der Waals surface area (Å²) in [5.41, 5.74) is 0. The molecule has 0 radical (unpaired) electrons. The molecule has 17 nitrogen and oxygen atoms in total. The van der Waals surface area contributed by atoms with Gasteiger partial charge in [0.05, 0.1) is 26.4 Å². The molecule has 0 aromatic carbocycles. The van der Waals surface area contributed by atoms with Crippen LogP contribution in [-0.2, 0) is 65.4 Å². The third-order valence-electron chi connectivity index (χ3n) is 19.4. The highest BCUT2D eigenvalue weighted by Gasteiger charge is 2.30. The zero-order valence-electron chi connectivity index (χ0n) is 65.3. The van der Waals surface area contributed by atoms with Gasteiger partial charge >= 0.3 is 39.5 Å². The van der Waals surface area contributed by atoms with E-state index in [0.717, 1.165) is 95.8 Å². The lowest BCUT2D eigenvalue weighted by molar-refractivity contribution is -0.161. The van der Waals surface area contributed by atoms with Crippen LogP contribution in [0.4, 0.5) is 0 Å². The van der Waals surface area contributed by atoms with Gasteiger partial charge in [0.25, 0.3) is 0 Å². The van der Waals surface area contributed by atoms with Crippen molar-refractivity contribution in [3.05, 3.63) is 0 Å². The predicted octanol–water partition coefficient (Wildman–Crippen LogP) is 24.4. The van der Waals surface area contributed by atoms with Crippen LogP contribution in [0.1, 0.15) is 433 Å². The molecule has 0 spiro atoms. The molecule has 0 aliphatic carbocycles. The number of unbranched alkanes of at least 4 members (excludes halogenated alkanes) is 52. The maximum absolute atomic E-state index is 13.1. The van der Waals surface area contributed by atoms with E-state index >= 15 is 0 Å². The fraction of sp³-hybridized carbons (Fsp3) is 0.951. The van der Waals surface area contributed by atoms with Crippen LogP contribution < -0.4 is 0 Å². The van der Waals surface area contributed by atoms with Gasteiger partial charge in [-0.25, -0.2) is 9.13 Å². The minimum absolute atomic E-state index is 0.106. The van der Waals surface area contributed by atoms with Crippen molar-refractivity contribution in [1.82, 2.24) is 0 Å². The molecule has 0 aliphatic heterocycles. The Morgan fingerprint density at radius 3 is 0.710 bits per heavy atom. The van der Waals surface area contributed by atoms with Crippen LogP contribution in [0.15, 0.2) is 0 Å². The number of carbonyl (C=O) groups excluding carboxylic acids is 4. The number of phosphoric acid groups is 2. The summed E-state index contributed by atoms with van der Waals surface area (Å²) in [5, 5.41) is 10.6. The Bertz CT molecular complexity index is 1910. The van der Waals surface area contributed by atoms with Gasteiger partial charge in [-0.2, -0.15) is 0 Å². The van der Waals surface area contributed by atoms with Crippen molar-refractivity contribution in [2.24, 2.45) is 5.92 Å². The Labute approximate surface area is 613 Å². The number of aliphatic hydroxyl groups is 1. The summed E-state index contributed by atoms with van der Waals surface area (Å²) < 4.78 is 68.7. The fourth-order valence-electron chi connectivity index (χ4n) is 12.6. The van der Waals surface area contributed by atoms with Gasteiger partial charge in [-0.15, -0.1) is 0 Å². The van der Waals surface area contributed by atoms with Gasteiger partial charge in [0, 0.05) is 25.7 Å². The molecular formula is C81H158O17P2. The molecule has 0 bridgehead atoms. The third kappa shape index (κ3) is 73.0. The van der Waals surface area contributed by atoms with E-state index in [1.54, 1.807) is 0 Å². The lowest BCUT2D eigenvalue weighted by Crippen LogP contribution is -2.30. The van der Waals surface area contributed by atoms with Crippen LogP contribution in [0.25, 0.3) is 0 Å². The molecular weight excluding hydrogens is 1310 g/mol. The summed E-state index contributed by atoms with van der Waals surface area (Å²) >= 11 is 0. The number of phosphoric ester groups is 2. The standard InChI is InChI=1S/C81H158O17P2/c1-6-10-13-16-19-22-25-27-29-30-31-32-33-34-35-37-39-42-45-51-56-61-66-80(85)97-76(70-92-79(84)65-60-55-50-44-41-38-36-28-26-23-20-17-14-11-7-2)72-95-99(87,88)93-68-75(82)69-94-100(89,90)96-73-77(71-91-78(83)64-59-54-49-43-40-24-21-18-15-12-8-3)98-81(86)67-62-57-52-47-46-48-53-58-63-74(5)9-4/h74-77,82H,6-73H2,1-5H3,(H,87,88)(H,89,90)/t74?,75-,76-,77-/m1/s1. The molecule has 594 valence electrons. The maximum Gasteiger partial charge on any atom is 0.472 e. The molecule has 0 saturated carbocycles. The molecule has 0 aliphatic rings. The van der Waals surface area contributed by atoms with Gasteiger partial charge < -0.3 is 33.8 Å². The largest absolute Gasteiger partial charge is 0.472 e. The predicted molar refractivity (Wildman–Crippen MR) is 409 cm³/mol. The van der Waals surface area contributed by atoms with Crippen molar-refractivity contribution in [3.63, 3.8) is 0 Å². The van der Waals surface area contributed by atoms with Crippen molar-refractivity contribution < 1.29 is 80.2 Å². The van der Waals surface area contributed by atoms with E-state index < -0.39 is 97.5 Å². The molecule has 3 N–H and O–H groups in total. The van der Waals surface area contributed by atoms with Crippen LogP contribution >= 0.6 is 15.6 Å². The van der Waals surface area contributed by atoms with Gasteiger partial charge in [-0.1, -0.05) is 381 Å². The van der Waals surface area contributed by atoms with E-state index in [4.69, 9.17) is 37.0 Å². The Morgan fingerprint density at radius 2 is 0.480 bits per heavy atom. The summed E-state index contributed by atoms with van der Waals surface area (Å²) in [7, 11) is -9.92. The average Bonchev–Trinajstić information content (AvgIpc) is 1.02. The Kier molecular flexibility index (Phi) is 72.5. The topological polar surface area (TPSA) is 237 Å². The van der Waals surface area contributed by atoms with Gasteiger partial charge in [0.1, 0.15) is 19.3 Å². The molecule has 0 aromatic heterocycles. The van der Waals surface area contributed by atoms with Crippen LogP contribution in [0.3, 0.4) is 0 Å². The van der Waals surface area contributed by atoms with Crippen molar-refractivity contribution in [1.29, 1.82) is 0 Å². The summed E-state index contributed by atoms with van der Waals surface area (Å²) in [4.78, 5) is 73.0. The molecule has 0 amide bonds. The zero-order chi connectivity index (χ0) is 73.4. The Balaban J connectivity index is 5.21. The van der Waals surface area contributed by atoms with Gasteiger partial charge in [-0.3, -0.25) is 37.3 Å². The molecule has 3 unspecified atom stereocenters. The minimum Gasteiger partial charge on any atom is -0.462 e. The van der Waals surface area contributed by atoms with Gasteiger partial charge in [0.2, 0.25) is 0 Å². The summed E-state index contributed by atoms with van der Waals surface area (Å²) in [6.07, 6.45) is 65.2. The fourth-order valence-corrected chi connectivity index (χ4v) is 14.1. The first-order valence-corrected chi connectivity index (χ1v) is 45.2.